The van der Waals surface area contributed by atoms with Gasteiger partial charge in [0.2, 0.25) is 5.95 Å². The minimum atomic E-state index is -0.462. The summed E-state index contributed by atoms with van der Waals surface area (Å²) >= 11 is 5.79. The van der Waals surface area contributed by atoms with Gasteiger partial charge < -0.3 is 10.1 Å². The smallest absolute Gasteiger partial charge is 0.336 e. The van der Waals surface area contributed by atoms with Crippen LogP contribution in [0.1, 0.15) is 0 Å². The van der Waals surface area contributed by atoms with Gasteiger partial charge in [-0.3, -0.25) is 5.32 Å². The summed E-state index contributed by atoms with van der Waals surface area (Å²) < 4.78 is 4.77. The Balaban J connectivity index is 1.96. The number of carbonyl (C=O) groups excluding carboxylic acids is 1. The van der Waals surface area contributed by atoms with Crippen LogP contribution < -0.4 is 15.4 Å². The zero-order valence-corrected chi connectivity index (χ0v) is 10.2. The lowest BCUT2D eigenvalue weighted by molar-refractivity contribution is 0.262. The summed E-state index contributed by atoms with van der Waals surface area (Å²) in [5.74, 6) is 0.186. The van der Waals surface area contributed by atoms with Crippen LogP contribution in [0.15, 0.2) is 24.3 Å². The molecule has 0 fully saturated rings. The highest BCUT2D eigenvalue weighted by atomic mass is 35.5. The summed E-state index contributed by atoms with van der Waals surface area (Å²) in [5, 5.41) is 11.8. The van der Waals surface area contributed by atoms with Gasteiger partial charge in [0, 0.05) is 10.7 Å². The second-order valence-corrected chi connectivity index (χ2v) is 3.70. The third-order valence-electron chi connectivity index (χ3n) is 1.96. The molecule has 1 aromatic carbocycles. The summed E-state index contributed by atoms with van der Waals surface area (Å²) in [6.07, 6.45) is 0. The first-order chi connectivity index (χ1) is 8.67. The highest BCUT2D eigenvalue weighted by Gasteiger charge is 2.07. The van der Waals surface area contributed by atoms with Crippen LogP contribution >= 0.6 is 11.6 Å². The van der Waals surface area contributed by atoms with E-state index in [-0.39, 0.29) is 12.0 Å². The number of aromatic nitrogens is 3. The van der Waals surface area contributed by atoms with Gasteiger partial charge in [0.25, 0.3) is 0 Å². The molecule has 0 aliphatic rings. The van der Waals surface area contributed by atoms with Gasteiger partial charge in [0.1, 0.15) is 0 Å². The molecular formula is C10H10ClN5O2. The van der Waals surface area contributed by atoms with E-state index in [9.17, 15) is 4.79 Å². The monoisotopic (exact) mass is 267 g/mol. The molecule has 2 rings (SSSR count). The maximum absolute atomic E-state index is 11.6. The van der Waals surface area contributed by atoms with Gasteiger partial charge in [0.15, 0.2) is 0 Å². The average molecular weight is 268 g/mol. The van der Waals surface area contributed by atoms with Crippen LogP contribution in [0.25, 0.3) is 0 Å². The number of hydrogen-bond donors (Lipinski definition) is 3. The van der Waals surface area contributed by atoms with Crippen molar-refractivity contribution in [2.75, 3.05) is 17.7 Å². The van der Waals surface area contributed by atoms with E-state index in [2.05, 4.69) is 25.8 Å². The number of anilines is 2. The van der Waals surface area contributed by atoms with Gasteiger partial charge in [-0.25, -0.2) is 9.89 Å². The van der Waals surface area contributed by atoms with E-state index >= 15 is 0 Å². The van der Waals surface area contributed by atoms with E-state index in [1.807, 2.05) is 0 Å². The van der Waals surface area contributed by atoms with Crippen molar-refractivity contribution in [1.82, 2.24) is 15.2 Å². The Labute approximate surface area is 108 Å². The van der Waals surface area contributed by atoms with Crippen molar-refractivity contribution >= 4 is 29.3 Å². The first kappa shape index (κ1) is 12.2. The predicted octanol–water partition coefficient (Wildman–Crippen LogP) is 2.11. The summed E-state index contributed by atoms with van der Waals surface area (Å²) in [5.41, 5.74) is 0.575. The van der Waals surface area contributed by atoms with E-state index in [4.69, 9.17) is 16.3 Å². The number of aromatic amines is 1. The fraction of sp³-hybridized carbons (Fsp3) is 0.100. The van der Waals surface area contributed by atoms with Gasteiger partial charge in [-0.1, -0.05) is 17.7 Å². The van der Waals surface area contributed by atoms with Crippen LogP contribution in [0.2, 0.25) is 5.02 Å². The summed E-state index contributed by atoms with van der Waals surface area (Å²) in [7, 11) is 1.43. The van der Waals surface area contributed by atoms with Gasteiger partial charge in [-0.2, -0.15) is 4.98 Å². The topological polar surface area (TPSA) is 91.9 Å². The van der Waals surface area contributed by atoms with Crippen LogP contribution in [0.5, 0.6) is 6.01 Å². The third kappa shape index (κ3) is 3.11. The van der Waals surface area contributed by atoms with Crippen molar-refractivity contribution in [2.24, 2.45) is 0 Å². The maximum atomic E-state index is 11.6. The van der Waals surface area contributed by atoms with E-state index in [1.54, 1.807) is 24.3 Å². The SMILES string of the molecule is COc1n[nH]c(NC(=O)Nc2cccc(Cl)c2)n1. The van der Waals surface area contributed by atoms with Crippen molar-refractivity contribution < 1.29 is 9.53 Å². The lowest BCUT2D eigenvalue weighted by atomic mass is 10.3. The largest absolute Gasteiger partial charge is 0.466 e. The number of amides is 2. The second-order valence-electron chi connectivity index (χ2n) is 3.26. The van der Waals surface area contributed by atoms with E-state index in [1.165, 1.54) is 7.11 Å². The molecule has 3 N–H and O–H groups in total. The number of carbonyl (C=O) groups is 1. The minimum Gasteiger partial charge on any atom is -0.466 e. The molecule has 0 atom stereocenters. The number of benzene rings is 1. The van der Waals surface area contributed by atoms with Crippen LogP contribution in [-0.2, 0) is 0 Å². The lowest BCUT2D eigenvalue weighted by Crippen LogP contribution is -2.20. The number of H-pyrrole nitrogens is 1. The fourth-order valence-electron chi connectivity index (χ4n) is 1.23. The number of hydrogen-bond acceptors (Lipinski definition) is 4. The quantitative estimate of drug-likeness (QED) is 0.794. The molecule has 0 spiro atoms. The van der Waals surface area contributed by atoms with Crippen molar-refractivity contribution in [3.8, 4) is 6.01 Å². The zero-order chi connectivity index (χ0) is 13.0. The molecule has 8 heteroatoms. The number of nitrogens with one attached hydrogen (secondary N) is 3. The number of urea groups is 1. The molecule has 0 saturated heterocycles. The molecule has 0 unspecified atom stereocenters. The zero-order valence-electron chi connectivity index (χ0n) is 9.40. The Bertz CT molecular complexity index is 557. The van der Waals surface area contributed by atoms with E-state index in [0.29, 0.717) is 10.7 Å². The Hall–Kier alpha value is -2.28. The predicted molar refractivity (Wildman–Crippen MR) is 67.0 cm³/mol. The molecule has 0 aliphatic heterocycles. The molecule has 0 bridgehead atoms. The highest BCUT2D eigenvalue weighted by molar-refractivity contribution is 6.30. The maximum Gasteiger partial charge on any atom is 0.336 e. The molecule has 7 nitrogen and oxygen atoms in total. The van der Waals surface area contributed by atoms with Crippen molar-refractivity contribution in [1.29, 1.82) is 0 Å². The number of halogens is 1. The van der Waals surface area contributed by atoms with Gasteiger partial charge in [-0.15, -0.1) is 5.10 Å². The Morgan fingerprint density at radius 3 is 2.94 bits per heavy atom. The van der Waals surface area contributed by atoms with E-state index < -0.39 is 6.03 Å². The highest BCUT2D eigenvalue weighted by Crippen LogP contribution is 2.15. The minimum absolute atomic E-state index is 0.146. The molecule has 0 aliphatic carbocycles. The molecule has 0 radical (unpaired) electrons. The fourth-order valence-corrected chi connectivity index (χ4v) is 1.42. The van der Waals surface area contributed by atoms with E-state index in [0.717, 1.165) is 0 Å². The Morgan fingerprint density at radius 2 is 2.28 bits per heavy atom. The molecule has 1 aromatic heterocycles. The Morgan fingerprint density at radius 1 is 1.44 bits per heavy atom. The first-order valence-corrected chi connectivity index (χ1v) is 5.35. The van der Waals surface area contributed by atoms with Gasteiger partial charge in [-0.05, 0) is 18.2 Å². The van der Waals surface area contributed by atoms with Crippen LogP contribution in [0.4, 0.5) is 16.4 Å². The molecule has 2 amide bonds. The lowest BCUT2D eigenvalue weighted by Gasteiger charge is -2.04. The molecule has 94 valence electrons. The summed E-state index contributed by atoms with van der Waals surface area (Å²) in [6.45, 7) is 0. The molecule has 0 saturated carbocycles. The van der Waals surface area contributed by atoms with Crippen molar-refractivity contribution in [2.45, 2.75) is 0 Å². The molecule has 18 heavy (non-hydrogen) atoms. The van der Waals surface area contributed by atoms with Crippen LogP contribution in [0.3, 0.4) is 0 Å². The third-order valence-corrected chi connectivity index (χ3v) is 2.20. The second kappa shape index (κ2) is 5.37. The van der Waals surface area contributed by atoms with Gasteiger partial charge >= 0.3 is 12.0 Å². The first-order valence-electron chi connectivity index (χ1n) is 4.97. The van der Waals surface area contributed by atoms with Crippen molar-refractivity contribution in [3.63, 3.8) is 0 Å². The number of rotatable bonds is 3. The number of ether oxygens (including phenoxy) is 1. The van der Waals surface area contributed by atoms with Gasteiger partial charge in [0.05, 0.1) is 7.11 Å². The van der Waals surface area contributed by atoms with Crippen LogP contribution in [0, 0.1) is 0 Å². The number of methoxy groups -OCH3 is 1. The number of nitrogens with zero attached hydrogens (tertiary/aromatic N) is 2. The molecular weight excluding hydrogens is 258 g/mol. The normalized spacial score (nSPS) is 9.89. The molecule has 2 aromatic rings. The summed E-state index contributed by atoms with van der Waals surface area (Å²) in [4.78, 5) is 15.4. The Kier molecular flexibility index (Phi) is 3.63. The average Bonchev–Trinajstić information content (AvgIpc) is 2.76. The summed E-state index contributed by atoms with van der Waals surface area (Å²) in [6, 6.07) is 6.47. The van der Waals surface area contributed by atoms with Crippen LogP contribution in [-0.4, -0.2) is 28.3 Å². The molecule has 1 heterocycles. The van der Waals surface area contributed by atoms with Crippen molar-refractivity contribution in [3.05, 3.63) is 29.3 Å². The standard InChI is InChI=1S/C10H10ClN5O2/c1-18-10-14-8(15-16-10)13-9(17)12-7-4-2-3-6(11)5-7/h2-5H,1H3,(H3,12,13,14,15,16,17).